The molecule has 0 fully saturated rings. The Balaban J connectivity index is 1.54. The van der Waals surface area contributed by atoms with Crippen molar-refractivity contribution in [2.45, 2.75) is 37.8 Å². The first-order valence-electron chi connectivity index (χ1n) is 11.0. The van der Waals surface area contributed by atoms with Gasteiger partial charge in [-0.1, -0.05) is 18.2 Å². The maximum Gasteiger partial charge on any atom is 0.407 e. The predicted molar refractivity (Wildman–Crippen MR) is 132 cm³/mol. The second kappa shape index (κ2) is 11.2. The van der Waals surface area contributed by atoms with Crippen LogP contribution in [0, 0.1) is 0 Å². The highest BCUT2D eigenvalue weighted by Gasteiger charge is 2.17. The second-order valence-electron chi connectivity index (χ2n) is 8.71. The van der Waals surface area contributed by atoms with Crippen molar-refractivity contribution < 1.29 is 22.7 Å². The molecule has 0 aliphatic rings. The number of nitrogens with one attached hydrogen (secondary N) is 3. The lowest BCUT2D eigenvalue weighted by Gasteiger charge is -2.19. The minimum atomic E-state index is -3.85. The van der Waals surface area contributed by atoms with Gasteiger partial charge in [0.15, 0.2) is 0 Å². The van der Waals surface area contributed by atoms with E-state index < -0.39 is 21.7 Å². The summed E-state index contributed by atoms with van der Waals surface area (Å²) in [6, 6.07) is 14.9. The highest BCUT2D eigenvalue weighted by Crippen LogP contribution is 2.17. The fraction of sp³-hybridized carbons (Fsp3) is 0.292. The maximum atomic E-state index is 12.6. The fourth-order valence-electron chi connectivity index (χ4n) is 3.03. The van der Waals surface area contributed by atoms with Crippen molar-refractivity contribution >= 4 is 27.7 Å². The van der Waals surface area contributed by atoms with E-state index in [0.717, 1.165) is 5.56 Å². The van der Waals surface area contributed by atoms with Gasteiger partial charge in [-0.25, -0.2) is 17.9 Å². The molecule has 0 atom stereocenters. The van der Waals surface area contributed by atoms with Gasteiger partial charge in [0.1, 0.15) is 5.60 Å². The zero-order valence-electron chi connectivity index (χ0n) is 19.8. The summed E-state index contributed by atoms with van der Waals surface area (Å²) in [5.41, 5.74) is 1.13. The van der Waals surface area contributed by atoms with Crippen LogP contribution in [0.15, 0.2) is 71.9 Å². The van der Waals surface area contributed by atoms with Crippen LogP contribution >= 0.6 is 0 Å². The molecule has 0 saturated heterocycles. The Labute approximate surface area is 204 Å². The number of hydrogen-bond acceptors (Lipinski definition) is 6. The number of sulfonamides is 1. The van der Waals surface area contributed by atoms with E-state index in [9.17, 15) is 18.0 Å². The van der Waals surface area contributed by atoms with E-state index in [1.54, 1.807) is 49.8 Å². The number of aromatic nitrogens is 2. The van der Waals surface area contributed by atoms with Crippen molar-refractivity contribution in [2.75, 3.05) is 18.4 Å². The molecule has 0 aliphatic carbocycles. The summed E-state index contributed by atoms with van der Waals surface area (Å²) in [5, 5.41) is 9.36. The van der Waals surface area contributed by atoms with Crippen LogP contribution in [0.3, 0.4) is 0 Å². The minimum Gasteiger partial charge on any atom is -0.444 e. The van der Waals surface area contributed by atoms with Gasteiger partial charge in [0.25, 0.3) is 5.91 Å². The molecule has 0 unspecified atom stereocenters. The average Bonchev–Trinajstić information content (AvgIpc) is 3.29. The molecule has 0 bridgehead atoms. The monoisotopic (exact) mass is 499 g/mol. The van der Waals surface area contributed by atoms with E-state index in [-0.39, 0.29) is 23.9 Å². The number of amides is 2. The molecule has 3 rings (SSSR count). The van der Waals surface area contributed by atoms with E-state index in [4.69, 9.17) is 4.74 Å². The third-order valence-electron chi connectivity index (χ3n) is 4.61. The third-order valence-corrected chi connectivity index (χ3v) is 6.07. The van der Waals surface area contributed by atoms with E-state index in [1.807, 2.05) is 24.4 Å². The summed E-state index contributed by atoms with van der Waals surface area (Å²) in [6.07, 6.45) is 2.93. The van der Waals surface area contributed by atoms with Crippen molar-refractivity contribution in [2.24, 2.45) is 0 Å². The number of ether oxygens (including phenoxy) is 1. The minimum absolute atomic E-state index is 0.0119. The Morgan fingerprint density at radius 1 is 1.03 bits per heavy atom. The van der Waals surface area contributed by atoms with Gasteiger partial charge < -0.3 is 15.4 Å². The molecular weight excluding hydrogens is 470 g/mol. The third kappa shape index (κ3) is 8.23. The Bertz CT molecular complexity index is 1250. The zero-order valence-corrected chi connectivity index (χ0v) is 20.6. The summed E-state index contributed by atoms with van der Waals surface area (Å²) in [6.45, 7) is 5.83. The lowest BCUT2D eigenvalue weighted by molar-refractivity contribution is 0.0528. The second-order valence-corrected chi connectivity index (χ2v) is 10.5. The molecule has 11 heteroatoms. The molecule has 0 aliphatic heterocycles. The molecule has 1 heterocycles. The summed E-state index contributed by atoms with van der Waals surface area (Å²) in [7, 11) is -3.85. The van der Waals surface area contributed by atoms with Gasteiger partial charge in [0.05, 0.1) is 11.4 Å². The Kier molecular flexibility index (Phi) is 8.26. The van der Waals surface area contributed by atoms with Gasteiger partial charge >= 0.3 is 6.09 Å². The van der Waals surface area contributed by atoms with Crippen molar-refractivity contribution in [3.05, 3.63) is 78.1 Å². The number of nitrogens with zero attached hydrogens (tertiary/aromatic N) is 2. The quantitative estimate of drug-likeness (QED) is 0.388. The lowest BCUT2D eigenvalue weighted by atomic mass is 10.1. The van der Waals surface area contributed by atoms with Crippen LogP contribution in [0.4, 0.5) is 10.5 Å². The van der Waals surface area contributed by atoms with E-state index >= 15 is 0 Å². The number of carbonyl (C=O) groups is 2. The van der Waals surface area contributed by atoms with Crippen LogP contribution in [0.25, 0.3) is 0 Å². The highest BCUT2D eigenvalue weighted by atomic mass is 32.2. The molecule has 3 N–H and O–H groups in total. The molecular formula is C24H29N5O5S. The van der Waals surface area contributed by atoms with Gasteiger partial charge in [-0.15, -0.1) is 0 Å². The Morgan fingerprint density at radius 2 is 1.77 bits per heavy atom. The first-order chi connectivity index (χ1) is 16.5. The predicted octanol–water partition coefficient (Wildman–Crippen LogP) is 2.99. The molecule has 2 aromatic carbocycles. The number of benzene rings is 2. The molecule has 10 nitrogen and oxygen atoms in total. The molecule has 3 aromatic rings. The first kappa shape index (κ1) is 25.9. The molecule has 0 spiro atoms. The standard InChI is InChI=1S/C24H29N5O5S/c1-24(2,3)34-23(31)25-13-14-27-35(32,33)21-7-4-6-20(16-21)28-22(30)19-10-8-18(9-11-19)17-29-15-5-12-26-29/h4-12,15-16,27H,13-14,17H2,1-3H3,(H,25,31)(H,28,30). The van der Waals surface area contributed by atoms with Crippen LogP contribution in [0.2, 0.25) is 0 Å². The van der Waals surface area contributed by atoms with Crippen LogP contribution in [-0.2, 0) is 21.3 Å². The van der Waals surface area contributed by atoms with Crippen molar-refractivity contribution in [1.82, 2.24) is 19.8 Å². The summed E-state index contributed by atoms with van der Waals surface area (Å²) in [5.74, 6) is -0.361. The summed E-state index contributed by atoms with van der Waals surface area (Å²) < 4.78 is 34.5. The summed E-state index contributed by atoms with van der Waals surface area (Å²) in [4.78, 5) is 24.3. The fourth-order valence-corrected chi connectivity index (χ4v) is 4.11. The Hall–Kier alpha value is -3.70. The molecule has 1 aromatic heterocycles. The van der Waals surface area contributed by atoms with Crippen LogP contribution < -0.4 is 15.4 Å². The lowest BCUT2D eigenvalue weighted by Crippen LogP contribution is -2.37. The maximum absolute atomic E-state index is 12.6. The van der Waals surface area contributed by atoms with Gasteiger partial charge in [0, 0.05) is 36.7 Å². The normalized spacial score (nSPS) is 11.6. The van der Waals surface area contributed by atoms with Crippen molar-refractivity contribution in [3.63, 3.8) is 0 Å². The van der Waals surface area contributed by atoms with Gasteiger partial charge in [-0.2, -0.15) is 5.10 Å². The zero-order chi connectivity index (χ0) is 25.5. The van der Waals surface area contributed by atoms with E-state index in [0.29, 0.717) is 17.8 Å². The molecule has 0 saturated carbocycles. The number of carbonyl (C=O) groups excluding carboxylic acids is 2. The number of hydrogen-bond donors (Lipinski definition) is 3. The number of anilines is 1. The van der Waals surface area contributed by atoms with Gasteiger partial charge in [0.2, 0.25) is 10.0 Å². The van der Waals surface area contributed by atoms with E-state index in [2.05, 4.69) is 20.5 Å². The number of alkyl carbamates (subject to hydrolysis) is 1. The molecule has 2 amide bonds. The molecule has 186 valence electrons. The topological polar surface area (TPSA) is 131 Å². The van der Waals surface area contributed by atoms with Crippen LogP contribution in [0.1, 0.15) is 36.7 Å². The largest absolute Gasteiger partial charge is 0.444 e. The van der Waals surface area contributed by atoms with Crippen LogP contribution in [-0.4, -0.2) is 48.9 Å². The van der Waals surface area contributed by atoms with E-state index in [1.165, 1.54) is 18.2 Å². The molecule has 35 heavy (non-hydrogen) atoms. The summed E-state index contributed by atoms with van der Waals surface area (Å²) >= 11 is 0. The van der Waals surface area contributed by atoms with Crippen molar-refractivity contribution in [3.8, 4) is 0 Å². The van der Waals surface area contributed by atoms with Crippen LogP contribution in [0.5, 0.6) is 0 Å². The average molecular weight is 500 g/mol. The van der Waals surface area contributed by atoms with Gasteiger partial charge in [-0.3, -0.25) is 9.48 Å². The highest BCUT2D eigenvalue weighted by molar-refractivity contribution is 7.89. The number of rotatable bonds is 9. The Morgan fingerprint density at radius 3 is 2.43 bits per heavy atom. The first-order valence-corrected chi connectivity index (χ1v) is 12.4. The molecule has 0 radical (unpaired) electrons. The SMILES string of the molecule is CC(C)(C)OC(=O)NCCNS(=O)(=O)c1cccc(NC(=O)c2ccc(Cn3cccn3)cc2)c1. The smallest absolute Gasteiger partial charge is 0.407 e. The van der Waals surface area contributed by atoms with Gasteiger partial charge in [-0.05, 0) is 62.7 Å². The van der Waals surface area contributed by atoms with Crippen molar-refractivity contribution in [1.29, 1.82) is 0 Å².